The van der Waals surface area contributed by atoms with Crippen molar-refractivity contribution in [2.45, 2.75) is 24.0 Å². The lowest BCUT2D eigenvalue weighted by Crippen LogP contribution is -2.18. The van der Waals surface area contributed by atoms with Crippen LogP contribution in [0.25, 0.3) is 11.4 Å². The van der Waals surface area contributed by atoms with Gasteiger partial charge in [-0.3, -0.25) is 14.2 Å². The first-order valence-corrected chi connectivity index (χ1v) is 10.4. The number of amides is 2. The largest absolute Gasteiger partial charge is 0.366 e. The van der Waals surface area contributed by atoms with Crippen molar-refractivity contribution >= 4 is 39.9 Å². The normalized spacial score (nSPS) is 13.5. The zero-order valence-electron chi connectivity index (χ0n) is 14.6. The van der Waals surface area contributed by atoms with Crippen LogP contribution in [-0.2, 0) is 4.79 Å². The van der Waals surface area contributed by atoms with Gasteiger partial charge >= 0.3 is 0 Å². The van der Waals surface area contributed by atoms with Crippen molar-refractivity contribution in [3.05, 3.63) is 47.1 Å². The quantitative estimate of drug-likeness (QED) is 0.574. The number of carbonyl (C=O) groups is 2. The molecule has 3 aromatic rings. The number of nitrogens with zero attached hydrogens (tertiary/aromatic N) is 3. The molecule has 0 atom stereocenters. The Labute approximate surface area is 168 Å². The van der Waals surface area contributed by atoms with Crippen molar-refractivity contribution in [2.24, 2.45) is 5.73 Å². The van der Waals surface area contributed by atoms with Crippen LogP contribution in [0.3, 0.4) is 0 Å². The van der Waals surface area contributed by atoms with Crippen LogP contribution in [0.1, 0.15) is 29.2 Å². The smallest absolute Gasteiger partial charge is 0.251 e. The topological polar surface area (TPSA) is 103 Å². The zero-order chi connectivity index (χ0) is 19.7. The first-order valence-electron chi connectivity index (χ1n) is 8.54. The number of thioether (sulfide) groups is 1. The Bertz CT molecular complexity index is 1040. The van der Waals surface area contributed by atoms with Gasteiger partial charge < -0.3 is 11.1 Å². The molecule has 2 heterocycles. The highest BCUT2D eigenvalue weighted by Gasteiger charge is 2.31. The first-order chi connectivity index (χ1) is 13.5. The fourth-order valence-electron chi connectivity index (χ4n) is 2.76. The molecule has 3 N–H and O–H groups in total. The third kappa shape index (κ3) is 3.78. The number of hydrogen-bond donors (Lipinski definition) is 2. The Balaban J connectivity index is 1.50. The van der Waals surface area contributed by atoms with Gasteiger partial charge in [0.05, 0.1) is 16.9 Å². The second-order valence-corrected chi connectivity index (χ2v) is 8.11. The van der Waals surface area contributed by atoms with Gasteiger partial charge in [-0.05, 0) is 36.4 Å². The van der Waals surface area contributed by atoms with Gasteiger partial charge in [-0.15, -0.1) is 21.5 Å². The Morgan fingerprint density at radius 3 is 2.79 bits per heavy atom. The van der Waals surface area contributed by atoms with E-state index in [0.717, 1.165) is 12.8 Å². The predicted molar refractivity (Wildman–Crippen MR) is 106 cm³/mol. The summed E-state index contributed by atoms with van der Waals surface area (Å²) in [4.78, 5) is 23.6. The SMILES string of the molecule is NC(=O)c1ccsc1NC(=O)CSc1nnc(-c2ccccc2F)n1C1CC1. The lowest BCUT2D eigenvalue weighted by atomic mass is 10.2. The van der Waals surface area contributed by atoms with Crippen molar-refractivity contribution in [1.29, 1.82) is 0 Å². The number of nitrogens with one attached hydrogen (secondary N) is 1. The number of rotatable bonds is 7. The Morgan fingerprint density at radius 1 is 1.29 bits per heavy atom. The van der Waals surface area contributed by atoms with E-state index in [-0.39, 0.29) is 29.1 Å². The molecule has 4 rings (SSSR count). The number of hydrogen-bond acceptors (Lipinski definition) is 6. The van der Waals surface area contributed by atoms with E-state index in [1.54, 1.807) is 29.6 Å². The van der Waals surface area contributed by atoms with Crippen LogP contribution in [0.4, 0.5) is 9.39 Å². The minimum Gasteiger partial charge on any atom is -0.366 e. The molecule has 2 aromatic heterocycles. The summed E-state index contributed by atoms with van der Waals surface area (Å²) in [5, 5.41) is 13.7. The van der Waals surface area contributed by atoms with Crippen molar-refractivity contribution in [3.63, 3.8) is 0 Å². The average Bonchev–Trinajstić information content (AvgIpc) is 3.24. The van der Waals surface area contributed by atoms with Crippen molar-refractivity contribution in [3.8, 4) is 11.4 Å². The van der Waals surface area contributed by atoms with Crippen LogP contribution < -0.4 is 11.1 Å². The second-order valence-electron chi connectivity index (χ2n) is 6.25. The van der Waals surface area contributed by atoms with Gasteiger partial charge in [-0.25, -0.2) is 4.39 Å². The van der Waals surface area contributed by atoms with E-state index in [2.05, 4.69) is 15.5 Å². The number of benzene rings is 1. The number of anilines is 1. The standard InChI is InChI=1S/C18H16FN5O2S2/c19-13-4-2-1-3-11(13)16-22-23-18(24(16)10-5-6-10)28-9-14(25)21-17-12(15(20)26)7-8-27-17/h1-4,7-8,10H,5-6,9H2,(H2,20,26)(H,21,25). The molecule has 144 valence electrons. The molecule has 0 bridgehead atoms. The Hall–Kier alpha value is -2.72. The van der Waals surface area contributed by atoms with Gasteiger partial charge in [0, 0.05) is 6.04 Å². The number of aromatic nitrogens is 3. The predicted octanol–water partition coefficient (Wildman–Crippen LogP) is 3.31. The van der Waals surface area contributed by atoms with Gasteiger partial charge in [0.25, 0.3) is 5.91 Å². The number of primary amides is 1. The minimum absolute atomic E-state index is 0.0816. The van der Waals surface area contributed by atoms with E-state index in [9.17, 15) is 14.0 Å². The number of thiophene rings is 1. The van der Waals surface area contributed by atoms with Crippen LogP contribution in [0, 0.1) is 5.82 Å². The Morgan fingerprint density at radius 2 is 2.07 bits per heavy atom. The molecule has 1 aliphatic rings. The first kappa shape index (κ1) is 18.6. The number of nitrogens with two attached hydrogens (primary N) is 1. The van der Waals surface area contributed by atoms with Crippen LogP contribution in [0.15, 0.2) is 40.9 Å². The fourth-order valence-corrected chi connectivity index (χ4v) is 4.37. The molecule has 7 nitrogen and oxygen atoms in total. The third-order valence-electron chi connectivity index (χ3n) is 4.21. The summed E-state index contributed by atoms with van der Waals surface area (Å²) in [6.45, 7) is 0. The molecule has 0 unspecified atom stereocenters. The van der Waals surface area contributed by atoms with Crippen LogP contribution in [0.5, 0.6) is 0 Å². The number of carbonyl (C=O) groups excluding carboxylic acids is 2. The molecule has 0 spiro atoms. The molecule has 1 aromatic carbocycles. The highest BCUT2D eigenvalue weighted by molar-refractivity contribution is 7.99. The molecule has 1 aliphatic carbocycles. The van der Waals surface area contributed by atoms with E-state index in [4.69, 9.17) is 5.73 Å². The maximum Gasteiger partial charge on any atom is 0.251 e. The van der Waals surface area contributed by atoms with E-state index >= 15 is 0 Å². The van der Waals surface area contributed by atoms with Crippen molar-refractivity contribution in [1.82, 2.24) is 14.8 Å². The van der Waals surface area contributed by atoms with E-state index in [1.165, 1.54) is 29.2 Å². The lowest BCUT2D eigenvalue weighted by Gasteiger charge is -2.09. The maximum atomic E-state index is 14.2. The van der Waals surface area contributed by atoms with E-state index in [0.29, 0.717) is 21.5 Å². The minimum atomic E-state index is -0.591. The third-order valence-corrected chi connectivity index (χ3v) is 5.98. The fraction of sp³-hybridized carbons (Fsp3) is 0.222. The zero-order valence-corrected chi connectivity index (χ0v) is 16.2. The molecular formula is C18H16FN5O2S2. The molecule has 0 saturated heterocycles. The van der Waals surface area contributed by atoms with Gasteiger partial charge in [0.15, 0.2) is 11.0 Å². The van der Waals surface area contributed by atoms with Crippen LogP contribution in [0.2, 0.25) is 0 Å². The molecular weight excluding hydrogens is 401 g/mol. The summed E-state index contributed by atoms with van der Waals surface area (Å²) >= 11 is 2.46. The summed E-state index contributed by atoms with van der Waals surface area (Å²) in [6, 6.07) is 8.22. The molecule has 1 saturated carbocycles. The second kappa shape index (κ2) is 7.72. The highest BCUT2D eigenvalue weighted by Crippen LogP contribution is 2.41. The summed E-state index contributed by atoms with van der Waals surface area (Å²) in [6.07, 6.45) is 1.94. The lowest BCUT2D eigenvalue weighted by molar-refractivity contribution is -0.113. The average molecular weight is 417 g/mol. The molecule has 28 heavy (non-hydrogen) atoms. The summed E-state index contributed by atoms with van der Waals surface area (Å²) in [5.74, 6) is -0.682. The summed E-state index contributed by atoms with van der Waals surface area (Å²) < 4.78 is 16.1. The molecule has 10 heteroatoms. The highest BCUT2D eigenvalue weighted by atomic mass is 32.2. The van der Waals surface area contributed by atoms with E-state index in [1.807, 2.05) is 4.57 Å². The van der Waals surface area contributed by atoms with Gasteiger partial charge in [-0.2, -0.15) is 0 Å². The molecule has 1 fully saturated rings. The Kier molecular flexibility index (Phi) is 5.14. The van der Waals surface area contributed by atoms with Crippen LogP contribution in [-0.4, -0.2) is 32.3 Å². The molecule has 2 amide bonds. The van der Waals surface area contributed by atoms with Crippen LogP contribution >= 0.6 is 23.1 Å². The maximum absolute atomic E-state index is 14.2. The molecule has 0 aliphatic heterocycles. The summed E-state index contributed by atoms with van der Waals surface area (Å²) in [7, 11) is 0. The monoisotopic (exact) mass is 417 g/mol. The van der Waals surface area contributed by atoms with E-state index < -0.39 is 5.91 Å². The van der Waals surface area contributed by atoms with Gasteiger partial charge in [-0.1, -0.05) is 23.9 Å². The van der Waals surface area contributed by atoms with Crippen molar-refractivity contribution < 1.29 is 14.0 Å². The van der Waals surface area contributed by atoms with Crippen molar-refractivity contribution in [2.75, 3.05) is 11.1 Å². The number of halogens is 1. The molecule has 0 radical (unpaired) electrons. The van der Waals surface area contributed by atoms with Gasteiger partial charge in [0.2, 0.25) is 5.91 Å². The van der Waals surface area contributed by atoms with Gasteiger partial charge in [0.1, 0.15) is 10.8 Å². The summed E-state index contributed by atoms with van der Waals surface area (Å²) in [5.41, 5.74) is 5.96.